The van der Waals surface area contributed by atoms with Gasteiger partial charge in [0.15, 0.2) is 11.5 Å². The molecular weight excluding hydrogens is 336 g/mol. The lowest BCUT2D eigenvalue weighted by atomic mass is 10.1. The maximum atomic E-state index is 11.4. The Morgan fingerprint density at radius 2 is 1.65 bits per heavy atom. The third-order valence-electron chi connectivity index (χ3n) is 3.00. The first-order valence-electron chi connectivity index (χ1n) is 8.46. The number of carboxylic acid groups (broad SMARTS) is 1. The normalized spacial score (nSPS) is 9.38. The average molecular weight is 364 g/mol. The molecule has 1 rings (SSSR count). The predicted molar refractivity (Wildman–Crippen MR) is 101 cm³/mol. The van der Waals surface area contributed by atoms with E-state index in [4.69, 9.17) is 19.3 Å². The molecule has 6 nitrogen and oxygen atoms in total. The quantitative estimate of drug-likeness (QED) is 0.402. The molecule has 144 valence electrons. The molecular formula is C20H28O6. The number of benzene rings is 1. The summed E-state index contributed by atoms with van der Waals surface area (Å²) in [5, 5.41) is 7.89. The number of esters is 1. The Kier molecular flexibility index (Phi) is 11.2. The molecule has 26 heavy (non-hydrogen) atoms. The number of carbonyl (C=O) groups excluding carboxylic acids is 1. The lowest BCUT2D eigenvalue weighted by Gasteiger charge is -2.17. The molecule has 0 atom stereocenters. The van der Waals surface area contributed by atoms with Crippen LogP contribution in [0, 0.1) is 0 Å². The van der Waals surface area contributed by atoms with Gasteiger partial charge in [0.25, 0.3) is 0 Å². The van der Waals surface area contributed by atoms with Crippen LogP contribution in [0.25, 0.3) is 0 Å². The highest BCUT2D eigenvalue weighted by Gasteiger charge is 2.18. The molecule has 1 aromatic carbocycles. The minimum absolute atomic E-state index is 0.176. The Bertz CT molecular complexity index is 621. The Labute approximate surface area is 155 Å². The molecule has 0 amide bonds. The van der Waals surface area contributed by atoms with Crippen molar-refractivity contribution >= 4 is 11.9 Å². The minimum atomic E-state index is -0.935. The third kappa shape index (κ3) is 7.88. The van der Waals surface area contributed by atoms with Crippen molar-refractivity contribution in [1.29, 1.82) is 0 Å². The summed E-state index contributed by atoms with van der Waals surface area (Å²) < 4.78 is 16.5. The molecule has 0 aliphatic rings. The van der Waals surface area contributed by atoms with E-state index in [0.29, 0.717) is 30.5 Å². The average Bonchev–Trinajstić information content (AvgIpc) is 2.60. The van der Waals surface area contributed by atoms with Crippen LogP contribution >= 0.6 is 0 Å². The molecule has 0 unspecified atom stereocenters. The van der Waals surface area contributed by atoms with Crippen LogP contribution in [0.2, 0.25) is 0 Å². The molecule has 0 saturated carbocycles. The molecule has 0 heterocycles. The number of aryl methyl sites for hydroxylation is 1. The van der Waals surface area contributed by atoms with E-state index < -0.39 is 11.9 Å². The van der Waals surface area contributed by atoms with Crippen LogP contribution in [0.4, 0.5) is 0 Å². The van der Waals surface area contributed by atoms with Gasteiger partial charge in [-0.2, -0.15) is 0 Å². The second kappa shape index (κ2) is 12.6. The molecule has 0 aromatic heterocycles. The van der Waals surface area contributed by atoms with Gasteiger partial charge in [0, 0.05) is 11.6 Å². The van der Waals surface area contributed by atoms with Crippen LogP contribution in [-0.2, 0) is 16.0 Å². The summed E-state index contributed by atoms with van der Waals surface area (Å²) in [6.45, 7) is 14.9. The fourth-order valence-electron chi connectivity index (χ4n) is 1.87. The van der Waals surface area contributed by atoms with E-state index in [1.165, 1.54) is 6.92 Å². The van der Waals surface area contributed by atoms with Crippen LogP contribution in [0.5, 0.6) is 17.2 Å². The molecule has 1 aromatic rings. The highest BCUT2D eigenvalue weighted by Crippen LogP contribution is 2.41. The van der Waals surface area contributed by atoms with E-state index in [1.807, 2.05) is 19.9 Å². The monoisotopic (exact) mass is 364 g/mol. The molecule has 0 bridgehead atoms. The third-order valence-corrected chi connectivity index (χ3v) is 3.00. The maximum Gasteiger partial charge on any atom is 0.335 e. The zero-order valence-corrected chi connectivity index (χ0v) is 16.0. The minimum Gasteiger partial charge on any atom is -0.490 e. The van der Waals surface area contributed by atoms with Gasteiger partial charge >= 0.3 is 11.9 Å². The number of hydrogen-bond donors (Lipinski definition) is 1. The molecule has 0 spiro atoms. The highest BCUT2D eigenvalue weighted by atomic mass is 16.6. The summed E-state index contributed by atoms with van der Waals surface area (Å²) in [6.07, 6.45) is 3.00. The van der Waals surface area contributed by atoms with Crippen molar-refractivity contribution in [3.63, 3.8) is 0 Å². The number of aliphatic carboxylic acids is 1. The van der Waals surface area contributed by atoms with Gasteiger partial charge in [0.1, 0.15) is 0 Å². The summed E-state index contributed by atoms with van der Waals surface area (Å²) in [6, 6.07) is 3.64. The van der Waals surface area contributed by atoms with Gasteiger partial charge < -0.3 is 19.3 Å². The van der Waals surface area contributed by atoms with Crippen molar-refractivity contribution in [2.24, 2.45) is 0 Å². The van der Waals surface area contributed by atoms with Crippen LogP contribution in [0.15, 0.2) is 36.9 Å². The summed E-state index contributed by atoms with van der Waals surface area (Å²) >= 11 is 0. The summed E-state index contributed by atoms with van der Waals surface area (Å²) in [4.78, 5) is 21.0. The van der Waals surface area contributed by atoms with Crippen LogP contribution in [0.1, 0.15) is 39.7 Å². The van der Waals surface area contributed by atoms with E-state index in [9.17, 15) is 9.59 Å². The van der Waals surface area contributed by atoms with Crippen molar-refractivity contribution in [2.45, 2.75) is 40.5 Å². The van der Waals surface area contributed by atoms with E-state index in [2.05, 4.69) is 20.1 Å². The lowest BCUT2D eigenvalue weighted by molar-refractivity contribution is -0.132. The zero-order chi connectivity index (χ0) is 20.1. The Hall–Kier alpha value is -2.76. The van der Waals surface area contributed by atoms with Crippen LogP contribution < -0.4 is 14.2 Å². The van der Waals surface area contributed by atoms with Gasteiger partial charge in [-0.25, -0.2) is 9.59 Å². The van der Waals surface area contributed by atoms with Gasteiger partial charge in [0.05, 0.1) is 13.2 Å². The first-order chi connectivity index (χ1) is 12.3. The van der Waals surface area contributed by atoms with Gasteiger partial charge in [-0.3, -0.25) is 0 Å². The Balaban J connectivity index is 0.000000896. The molecule has 0 fully saturated rings. The van der Waals surface area contributed by atoms with Crippen molar-refractivity contribution in [1.82, 2.24) is 0 Å². The summed E-state index contributed by atoms with van der Waals surface area (Å²) in [5.41, 5.74) is 1.23. The van der Waals surface area contributed by atoms with E-state index in [1.54, 1.807) is 6.07 Å². The molecule has 6 heteroatoms. The Morgan fingerprint density at radius 1 is 1.12 bits per heavy atom. The molecule has 0 radical (unpaired) electrons. The number of rotatable bonds is 9. The molecule has 0 aliphatic carbocycles. The molecule has 1 N–H and O–H groups in total. The van der Waals surface area contributed by atoms with Crippen molar-refractivity contribution in [2.75, 3.05) is 13.2 Å². The number of carbonyl (C=O) groups is 2. The zero-order valence-electron chi connectivity index (χ0n) is 16.0. The lowest BCUT2D eigenvalue weighted by Crippen LogP contribution is -2.08. The fraction of sp³-hybridized carbons (Fsp3) is 0.400. The van der Waals surface area contributed by atoms with Gasteiger partial charge in [-0.15, -0.1) is 0 Å². The standard InChI is InChI=1S/C16H22O4.C4H6O2/c1-5-9-12-10-11-13(20-14(17)6-2)16(19-8-4)15(12)18-7-3;1-3(2)4(5)6/h6,10-11H,2,5,7-9H2,1,3-4H3;1H2,2H3,(H,5,6). The Morgan fingerprint density at radius 3 is 2.08 bits per heavy atom. The largest absolute Gasteiger partial charge is 0.490 e. The van der Waals surface area contributed by atoms with Crippen molar-refractivity contribution in [3.05, 3.63) is 42.5 Å². The van der Waals surface area contributed by atoms with Gasteiger partial charge in [-0.1, -0.05) is 32.6 Å². The van der Waals surface area contributed by atoms with Crippen LogP contribution in [0.3, 0.4) is 0 Å². The first-order valence-corrected chi connectivity index (χ1v) is 8.46. The number of ether oxygens (including phenoxy) is 3. The summed E-state index contributed by atoms with van der Waals surface area (Å²) in [5.74, 6) is 0.0489. The first kappa shape index (κ1) is 23.2. The second-order valence-corrected chi connectivity index (χ2v) is 5.21. The van der Waals surface area contributed by atoms with Gasteiger partial charge in [-0.05, 0) is 38.8 Å². The smallest absolute Gasteiger partial charge is 0.335 e. The van der Waals surface area contributed by atoms with E-state index in [0.717, 1.165) is 24.5 Å². The van der Waals surface area contributed by atoms with E-state index in [-0.39, 0.29) is 5.57 Å². The predicted octanol–water partition coefficient (Wildman–Crippen LogP) is 4.18. The second-order valence-electron chi connectivity index (χ2n) is 5.21. The molecule has 0 aliphatic heterocycles. The van der Waals surface area contributed by atoms with E-state index >= 15 is 0 Å². The fourth-order valence-corrected chi connectivity index (χ4v) is 1.87. The topological polar surface area (TPSA) is 82.1 Å². The maximum absolute atomic E-state index is 11.4. The SMILES string of the molecule is C=C(C)C(=O)O.C=CC(=O)Oc1ccc(CCC)c(OCC)c1OCC. The number of carboxylic acids is 1. The summed E-state index contributed by atoms with van der Waals surface area (Å²) in [7, 11) is 0. The van der Waals surface area contributed by atoms with Crippen LogP contribution in [-0.4, -0.2) is 30.3 Å². The number of hydrogen-bond acceptors (Lipinski definition) is 5. The van der Waals surface area contributed by atoms with Gasteiger partial charge in [0.2, 0.25) is 5.75 Å². The van der Waals surface area contributed by atoms with Crippen molar-refractivity contribution < 1.29 is 28.9 Å². The highest BCUT2D eigenvalue weighted by molar-refractivity contribution is 5.85. The molecule has 0 saturated heterocycles. The van der Waals surface area contributed by atoms with Crippen molar-refractivity contribution in [3.8, 4) is 17.2 Å².